The average molecular weight is 356 g/mol. The van der Waals surface area contributed by atoms with Crippen molar-refractivity contribution in [3.63, 3.8) is 0 Å². The molecule has 6 heteroatoms. The minimum atomic E-state index is -3.80. The van der Waals surface area contributed by atoms with Crippen molar-refractivity contribution < 1.29 is 13.2 Å². The fraction of sp³-hybridized carbons (Fsp3) is 0.211. The number of hydrogen-bond acceptors (Lipinski definition) is 4. The number of aromatic nitrogens is 1. The summed E-state index contributed by atoms with van der Waals surface area (Å²) in [5.74, 6) is 0.521. The van der Waals surface area contributed by atoms with E-state index in [1.807, 2.05) is 44.2 Å². The molecular weight excluding hydrogens is 336 g/mol. The molecule has 0 fully saturated rings. The van der Waals surface area contributed by atoms with Crippen molar-refractivity contribution >= 4 is 26.6 Å². The third kappa shape index (κ3) is 3.58. The first-order valence-corrected chi connectivity index (χ1v) is 9.44. The molecule has 0 saturated carbocycles. The Labute approximate surface area is 147 Å². The molecule has 0 radical (unpaired) electrons. The number of nitrogens with zero attached hydrogens (tertiary/aromatic N) is 1. The molecule has 0 atom stereocenters. The minimum Gasteiger partial charge on any atom is -0.495 e. The third-order valence-electron chi connectivity index (χ3n) is 3.99. The van der Waals surface area contributed by atoms with Gasteiger partial charge in [0.2, 0.25) is 0 Å². The number of rotatable bonds is 5. The second-order valence-electron chi connectivity index (χ2n) is 6.09. The molecule has 1 aromatic heterocycles. The first kappa shape index (κ1) is 17.2. The Hall–Kier alpha value is -2.60. The minimum absolute atomic E-state index is 0.120. The van der Waals surface area contributed by atoms with Gasteiger partial charge in [0.05, 0.1) is 24.5 Å². The predicted molar refractivity (Wildman–Crippen MR) is 99.6 cm³/mol. The van der Waals surface area contributed by atoms with Crippen molar-refractivity contribution in [2.75, 3.05) is 11.8 Å². The van der Waals surface area contributed by atoms with E-state index in [2.05, 4.69) is 9.71 Å². The highest BCUT2D eigenvalue weighted by atomic mass is 32.2. The zero-order chi connectivity index (χ0) is 18.0. The van der Waals surface area contributed by atoms with Crippen LogP contribution in [0.5, 0.6) is 5.75 Å². The molecule has 3 rings (SSSR count). The number of hydrogen-bond donors (Lipinski definition) is 1. The summed E-state index contributed by atoms with van der Waals surface area (Å²) in [5.41, 5.74) is 2.15. The number of benzene rings is 2. The zero-order valence-electron chi connectivity index (χ0n) is 14.4. The number of anilines is 1. The summed E-state index contributed by atoms with van der Waals surface area (Å²) in [6, 6.07) is 14.5. The Kier molecular flexibility index (Phi) is 4.63. The molecule has 0 amide bonds. The van der Waals surface area contributed by atoms with E-state index in [9.17, 15) is 8.42 Å². The number of para-hydroxylation sites is 1. The maximum Gasteiger partial charge on any atom is 0.265 e. The number of sulfonamides is 1. The molecule has 0 aliphatic rings. The quantitative estimate of drug-likeness (QED) is 0.745. The Morgan fingerprint density at radius 2 is 1.84 bits per heavy atom. The van der Waals surface area contributed by atoms with Crippen LogP contribution in [0.4, 0.5) is 5.69 Å². The van der Waals surface area contributed by atoms with Gasteiger partial charge in [0.15, 0.2) is 0 Å². The van der Waals surface area contributed by atoms with E-state index in [1.165, 1.54) is 13.3 Å². The maximum absolute atomic E-state index is 12.9. The van der Waals surface area contributed by atoms with Crippen molar-refractivity contribution in [2.45, 2.75) is 24.7 Å². The van der Waals surface area contributed by atoms with Crippen molar-refractivity contribution in [1.82, 2.24) is 4.98 Å². The summed E-state index contributed by atoms with van der Waals surface area (Å²) in [5, 5.41) is 0.866. The molecule has 1 heterocycles. The summed E-state index contributed by atoms with van der Waals surface area (Å²) < 4.78 is 33.6. The highest BCUT2D eigenvalue weighted by Crippen LogP contribution is 2.29. The molecule has 0 saturated heterocycles. The van der Waals surface area contributed by atoms with Crippen LogP contribution in [0.15, 0.2) is 59.6 Å². The number of nitrogens with one attached hydrogen (secondary N) is 1. The van der Waals surface area contributed by atoms with Gasteiger partial charge in [-0.05, 0) is 35.7 Å². The molecular formula is C19H20N2O3S. The van der Waals surface area contributed by atoms with E-state index in [0.717, 1.165) is 16.5 Å². The standard InChI is InChI=1S/C19H20N2O3S/c1-13(2)14-8-9-18(24-3)19(11-14)25(22,23)21-16-10-15-6-4-5-7-17(15)20-12-16/h4-13,21H,1-3H3. The third-order valence-corrected chi connectivity index (χ3v) is 5.39. The van der Waals surface area contributed by atoms with Crippen LogP contribution >= 0.6 is 0 Å². The summed E-state index contributed by atoms with van der Waals surface area (Å²) in [4.78, 5) is 4.41. The van der Waals surface area contributed by atoms with Gasteiger partial charge in [-0.15, -0.1) is 0 Å². The van der Waals surface area contributed by atoms with Gasteiger partial charge in [0, 0.05) is 5.39 Å². The Bertz CT molecular complexity index is 1010. The molecule has 130 valence electrons. The lowest BCUT2D eigenvalue weighted by molar-refractivity contribution is 0.402. The van der Waals surface area contributed by atoms with Crippen LogP contribution in [0, 0.1) is 0 Å². The summed E-state index contributed by atoms with van der Waals surface area (Å²) in [6.45, 7) is 4.03. The number of methoxy groups -OCH3 is 1. The summed E-state index contributed by atoms with van der Waals surface area (Å²) in [6.07, 6.45) is 1.51. The van der Waals surface area contributed by atoms with Crippen LogP contribution in [0.3, 0.4) is 0 Å². The molecule has 3 aromatic rings. The monoisotopic (exact) mass is 356 g/mol. The highest BCUT2D eigenvalue weighted by Gasteiger charge is 2.21. The first-order chi connectivity index (χ1) is 11.9. The Morgan fingerprint density at radius 1 is 1.08 bits per heavy atom. The van der Waals surface area contributed by atoms with E-state index >= 15 is 0 Å². The molecule has 5 nitrogen and oxygen atoms in total. The van der Waals surface area contributed by atoms with Crippen molar-refractivity contribution in [3.05, 3.63) is 60.3 Å². The lowest BCUT2D eigenvalue weighted by Crippen LogP contribution is -2.14. The van der Waals surface area contributed by atoms with Gasteiger partial charge in [-0.1, -0.05) is 38.1 Å². The molecule has 0 aliphatic heterocycles. The topological polar surface area (TPSA) is 68.3 Å². The van der Waals surface area contributed by atoms with E-state index in [4.69, 9.17) is 4.74 Å². The van der Waals surface area contributed by atoms with Gasteiger partial charge in [-0.3, -0.25) is 9.71 Å². The first-order valence-electron chi connectivity index (χ1n) is 7.96. The smallest absolute Gasteiger partial charge is 0.265 e. The van der Waals surface area contributed by atoms with Gasteiger partial charge >= 0.3 is 0 Å². The van der Waals surface area contributed by atoms with Crippen LogP contribution in [-0.2, 0) is 10.0 Å². The lowest BCUT2D eigenvalue weighted by atomic mass is 10.0. The zero-order valence-corrected chi connectivity index (χ0v) is 15.2. The van der Waals surface area contributed by atoms with Crippen LogP contribution < -0.4 is 9.46 Å². The number of pyridine rings is 1. The lowest BCUT2D eigenvalue weighted by Gasteiger charge is -2.14. The Balaban J connectivity index is 2.02. The molecule has 25 heavy (non-hydrogen) atoms. The summed E-state index contributed by atoms with van der Waals surface area (Å²) in [7, 11) is -2.34. The van der Waals surface area contributed by atoms with Crippen LogP contribution in [0.25, 0.3) is 10.9 Å². The van der Waals surface area contributed by atoms with E-state index in [1.54, 1.807) is 18.2 Å². The van der Waals surface area contributed by atoms with E-state index in [0.29, 0.717) is 11.4 Å². The largest absolute Gasteiger partial charge is 0.495 e. The average Bonchev–Trinajstić information content (AvgIpc) is 2.60. The van der Waals surface area contributed by atoms with Crippen molar-refractivity contribution in [3.8, 4) is 5.75 Å². The van der Waals surface area contributed by atoms with Gasteiger partial charge in [0.25, 0.3) is 10.0 Å². The molecule has 2 aromatic carbocycles. The van der Waals surface area contributed by atoms with E-state index < -0.39 is 10.0 Å². The molecule has 0 unspecified atom stereocenters. The van der Waals surface area contributed by atoms with Crippen LogP contribution in [0.2, 0.25) is 0 Å². The summed E-state index contributed by atoms with van der Waals surface area (Å²) >= 11 is 0. The van der Waals surface area contributed by atoms with Gasteiger partial charge < -0.3 is 4.74 Å². The fourth-order valence-corrected chi connectivity index (χ4v) is 3.84. The normalized spacial score (nSPS) is 11.7. The molecule has 0 spiro atoms. The second-order valence-corrected chi connectivity index (χ2v) is 7.74. The SMILES string of the molecule is COc1ccc(C(C)C)cc1S(=O)(=O)Nc1cnc2ccccc2c1. The number of fused-ring (bicyclic) bond motifs is 1. The van der Waals surface area contributed by atoms with Gasteiger partial charge in [-0.2, -0.15) is 0 Å². The van der Waals surface area contributed by atoms with Crippen molar-refractivity contribution in [2.24, 2.45) is 0 Å². The van der Waals surface area contributed by atoms with E-state index in [-0.39, 0.29) is 10.8 Å². The maximum atomic E-state index is 12.9. The molecule has 1 N–H and O–H groups in total. The van der Waals surface area contributed by atoms with Crippen LogP contribution in [-0.4, -0.2) is 20.5 Å². The number of ether oxygens (including phenoxy) is 1. The van der Waals surface area contributed by atoms with Gasteiger partial charge in [-0.25, -0.2) is 8.42 Å². The fourth-order valence-electron chi connectivity index (χ4n) is 2.60. The van der Waals surface area contributed by atoms with Gasteiger partial charge in [0.1, 0.15) is 10.6 Å². The molecule has 0 bridgehead atoms. The van der Waals surface area contributed by atoms with Crippen LogP contribution in [0.1, 0.15) is 25.3 Å². The Morgan fingerprint density at radius 3 is 2.56 bits per heavy atom. The second kappa shape index (κ2) is 6.72. The highest BCUT2D eigenvalue weighted by molar-refractivity contribution is 7.92. The van der Waals surface area contributed by atoms with Crippen molar-refractivity contribution in [1.29, 1.82) is 0 Å². The predicted octanol–water partition coefficient (Wildman–Crippen LogP) is 4.17. The molecule has 0 aliphatic carbocycles.